The first-order valence-corrected chi connectivity index (χ1v) is 23.9. The van der Waals surface area contributed by atoms with Crippen LogP contribution in [0, 0.1) is 0 Å². The van der Waals surface area contributed by atoms with Crippen molar-refractivity contribution in [3.8, 4) is 0 Å². The van der Waals surface area contributed by atoms with Crippen LogP contribution in [-0.4, -0.2) is 80.6 Å². The number of carbonyl (C=O) groups excluding carboxylic acids is 2. The summed E-state index contributed by atoms with van der Waals surface area (Å²) in [6.45, 7) is 4.41. The number of hydrogen-bond donors (Lipinski definition) is 1. The zero-order chi connectivity index (χ0) is 45.6. The van der Waals surface area contributed by atoms with E-state index in [4.69, 9.17) is 14.2 Å². The highest BCUT2D eigenvalue weighted by Crippen LogP contribution is 2.13. The number of ether oxygens (including phenoxy) is 3. The number of carbonyl (C=O) groups is 3. The molecule has 0 saturated carbocycles. The number of aliphatic carboxylic acids is 1. The maximum Gasteiger partial charge on any atom is 0.362 e. The molecule has 0 radical (unpaired) electrons. The van der Waals surface area contributed by atoms with Crippen LogP contribution in [0.4, 0.5) is 0 Å². The second-order valence-electron chi connectivity index (χ2n) is 16.6. The van der Waals surface area contributed by atoms with Crippen molar-refractivity contribution < 1.29 is 38.2 Å². The van der Waals surface area contributed by atoms with Gasteiger partial charge in [0, 0.05) is 19.3 Å². The minimum Gasteiger partial charge on any atom is -0.477 e. The third kappa shape index (κ3) is 41.3. The van der Waals surface area contributed by atoms with Gasteiger partial charge in [0.15, 0.2) is 12.1 Å². The van der Waals surface area contributed by atoms with Crippen LogP contribution in [0.25, 0.3) is 0 Å². The Morgan fingerprint density at radius 2 is 0.887 bits per heavy atom. The van der Waals surface area contributed by atoms with E-state index >= 15 is 0 Å². The second-order valence-corrected chi connectivity index (χ2v) is 16.6. The maximum atomic E-state index is 12.8. The smallest absolute Gasteiger partial charge is 0.362 e. The van der Waals surface area contributed by atoms with Gasteiger partial charge in [-0.1, -0.05) is 168 Å². The topological polar surface area (TPSA) is 99.1 Å². The first kappa shape index (κ1) is 58.0. The van der Waals surface area contributed by atoms with Crippen molar-refractivity contribution in [2.24, 2.45) is 0 Å². The third-order valence-corrected chi connectivity index (χ3v) is 9.93. The Kier molecular flexibility index (Phi) is 40.8. The molecule has 0 spiro atoms. The highest BCUT2D eigenvalue weighted by atomic mass is 16.6. The van der Waals surface area contributed by atoms with E-state index in [2.05, 4.69) is 111 Å². The van der Waals surface area contributed by atoms with Crippen LogP contribution in [0.1, 0.15) is 162 Å². The molecule has 0 fully saturated rings. The maximum absolute atomic E-state index is 12.8. The Labute approximate surface area is 378 Å². The van der Waals surface area contributed by atoms with Crippen LogP contribution in [0.3, 0.4) is 0 Å². The van der Waals surface area contributed by atoms with Crippen molar-refractivity contribution in [1.82, 2.24) is 0 Å². The number of allylic oxidation sites excluding steroid dienone is 18. The van der Waals surface area contributed by atoms with E-state index in [1.807, 2.05) is 33.3 Å². The predicted molar refractivity (Wildman–Crippen MR) is 261 cm³/mol. The quantitative estimate of drug-likeness (QED) is 0.0283. The van der Waals surface area contributed by atoms with Gasteiger partial charge >= 0.3 is 17.9 Å². The summed E-state index contributed by atoms with van der Waals surface area (Å²) < 4.78 is 17.2. The Bertz CT molecular complexity index is 1370. The number of unbranched alkanes of at least 4 members (excludes halogenated alkanes) is 9. The zero-order valence-corrected chi connectivity index (χ0v) is 39.8. The molecule has 0 saturated heterocycles. The molecule has 350 valence electrons. The molecule has 0 aromatic heterocycles. The SMILES string of the molecule is CC/C=C/C/C=C/C/C=C/C/C=C/C/C=C/C/C=C/CCC(=O)OCC(COCCC(C(=O)O)[N+](C)(C)C)OC(=O)CCCCCCCCCCC/C=C/C/C=C/C/C=C/CC. The van der Waals surface area contributed by atoms with E-state index in [0.717, 1.165) is 83.5 Å². The number of nitrogens with zero attached hydrogens (tertiary/aromatic N) is 1. The lowest BCUT2D eigenvalue weighted by Gasteiger charge is -2.31. The lowest BCUT2D eigenvalue weighted by atomic mass is 10.1. The predicted octanol–water partition coefficient (Wildman–Crippen LogP) is 13.6. The van der Waals surface area contributed by atoms with Crippen molar-refractivity contribution in [2.75, 3.05) is 41.0 Å². The van der Waals surface area contributed by atoms with E-state index < -0.39 is 18.1 Å². The van der Waals surface area contributed by atoms with Crippen molar-refractivity contribution in [1.29, 1.82) is 0 Å². The molecule has 2 atom stereocenters. The van der Waals surface area contributed by atoms with Crippen molar-refractivity contribution in [3.05, 3.63) is 109 Å². The van der Waals surface area contributed by atoms with Gasteiger partial charge in [0.25, 0.3) is 0 Å². The fourth-order valence-corrected chi connectivity index (χ4v) is 6.31. The molecule has 1 N–H and O–H groups in total. The average molecular weight is 863 g/mol. The van der Waals surface area contributed by atoms with Gasteiger partial charge in [-0.15, -0.1) is 0 Å². The van der Waals surface area contributed by atoms with Gasteiger partial charge in [0.2, 0.25) is 0 Å². The van der Waals surface area contributed by atoms with Crippen molar-refractivity contribution in [2.45, 2.75) is 174 Å². The number of esters is 2. The summed E-state index contributed by atoms with van der Waals surface area (Å²) in [5.41, 5.74) is 0. The van der Waals surface area contributed by atoms with Crippen LogP contribution in [-0.2, 0) is 28.6 Å². The molecule has 8 heteroatoms. The summed E-state index contributed by atoms with van der Waals surface area (Å²) in [7, 11) is 5.50. The van der Waals surface area contributed by atoms with Gasteiger partial charge in [0.05, 0.1) is 34.4 Å². The lowest BCUT2D eigenvalue weighted by Crippen LogP contribution is -2.50. The van der Waals surface area contributed by atoms with Crippen LogP contribution in [0.15, 0.2) is 109 Å². The van der Waals surface area contributed by atoms with Crippen LogP contribution in [0.2, 0.25) is 0 Å². The third-order valence-electron chi connectivity index (χ3n) is 9.93. The van der Waals surface area contributed by atoms with E-state index in [1.165, 1.54) is 38.5 Å². The standard InChI is InChI=1S/C54H87NO7/c1-6-8-10-12-14-16-18-20-22-24-26-28-30-32-34-36-38-40-42-44-52(56)61-49-50(48-60-47-46-51(54(58)59)55(3,4)5)62-53(57)45-43-41-39-37-35-33-31-29-27-25-23-21-19-17-15-13-11-9-7-2/h8-11,14-17,20-23,26,28,32,34,38,40,50-51H,6-7,12-13,18-19,24-25,27,29-31,33,35-37,39,41-49H2,1-5H3/p+1/b10-8+,11-9+,16-14+,17-15+,22-20+,23-21+,28-26+,34-32+,40-38+. The zero-order valence-electron chi connectivity index (χ0n) is 39.8. The first-order valence-electron chi connectivity index (χ1n) is 23.9. The first-order chi connectivity index (χ1) is 30.1. The summed E-state index contributed by atoms with van der Waals surface area (Å²) in [6.07, 6.45) is 60.1. The molecule has 0 heterocycles. The Hall–Kier alpha value is -4.01. The van der Waals surface area contributed by atoms with Crippen LogP contribution in [0.5, 0.6) is 0 Å². The number of likely N-dealkylation sites (N-methyl/N-ethyl adjacent to an activating group) is 1. The minimum absolute atomic E-state index is 0.0283. The lowest BCUT2D eigenvalue weighted by molar-refractivity contribution is -0.887. The van der Waals surface area contributed by atoms with Crippen LogP contribution < -0.4 is 0 Å². The number of hydrogen-bond acceptors (Lipinski definition) is 6. The molecule has 0 aromatic carbocycles. The Balaban J connectivity index is 4.43. The molecule has 2 unspecified atom stereocenters. The summed E-state index contributed by atoms with van der Waals surface area (Å²) >= 11 is 0. The van der Waals surface area contributed by atoms with Gasteiger partial charge in [-0.3, -0.25) is 9.59 Å². The normalized spacial score (nSPS) is 13.9. The average Bonchev–Trinajstić information content (AvgIpc) is 3.23. The minimum atomic E-state index is -0.890. The molecular weight excluding hydrogens is 775 g/mol. The van der Waals surface area contributed by atoms with Crippen LogP contribution >= 0.6 is 0 Å². The molecular formula is C54H88NO7+. The summed E-state index contributed by atoms with van der Waals surface area (Å²) in [6, 6.07) is -0.633. The largest absolute Gasteiger partial charge is 0.477 e. The molecule has 0 amide bonds. The summed E-state index contributed by atoms with van der Waals surface area (Å²) in [4.78, 5) is 37.1. The van der Waals surface area contributed by atoms with E-state index in [1.54, 1.807) is 0 Å². The van der Waals surface area contributed by atoms with E-state index in [-0.39, 0.29) is 42.7 Å². The molecule has 0 aliphatic carbocycles. The molecule has 0 aliphatic heterocycles. The number of quaternary nitrogens is 1. The van der Waals surface area contributed by atoms with Gasteiger partial charge in [-0.05, 0) is 83.5 Å². The Morgan fingerprint density at radius 1 is 0.484 bits per heavy atom. The molecule has 8 nitrogen and oxygen atoms in total. The number of rotatable bonds is 41. The molecule has 0 aromatic rings. The molecule has 0 rings (SSSR count). The van der Waals surface area contributed by atoms with Gasteiger partial charge < -0.3 is 23.8 Å². The fraction of sp³-hybridized carbons (Fsp3) is 0.611. The molecule has 62 heavy (non-hydrogen) atoms. The molecule has 0 bridgehead atoms. The highest BCUT2D eigenvalue weighted by Gasteiger charge is 2.31. The van der Waals surface area contributed by atoms with E-state index in [0.29, 0.717) is 19.3 Å². The van der Waals surface area contributed by atoms with Gasteiger partial charge in [0.1, 0.15) is 6.61 Å². The monoisotopic (exact) mass is 863 g/mol. The van der Waals surface area contributed by atoms with Gasteiger partial charge in [-0.25, -0.2) is 4.79 Å². The number of carboxylic acids is 1. The van der Waals surface area contributed by atoms with E-state index in [9.17, 15) is 19.5 Å². The molecule has 0 aliphatic rings. The van der Waals surface area contributed by atoms with Crippen molar-refractivity contribution in [3.63, 3.8) is 0 Å². The second kappa shape index (κ2) is 43.6. The Morgan fingerprint density at radius 3 is 1.32 bits per heavy atom. The summed E-state index contributed by atoms with van der Waals surface area (Å²) in [5.74, 6) is -1.59. The summed E-state index contributed by atoms with van der Waals surface area (Å²) in [5, 5.41) is 9.64. The van der Waals surface area contributed by atoms with Crippen molar-refractivity contribution >= 4 is 17.9 Å². The fourth-order valence-electron chi connectivity index (χ4n) is 6.31. The number of carboxylic acid groups (broad SMARTS) is 1. The highest BCUT2D eigenvalue weighted by molar-refractivity contribution is 5.72. The van der Waals surface area contributed by atoms with Gasteiger partial charge in [-0.2, -0.15) is 0 Å².